The Labute approximate surface area is 215 Å². The third-order valence-electron chi connectivity index (χ3n) is 6.43. The third-order valence-corrected chi connectivity index (χ3v) is 8.39. The zero-order chi connectivity index (χ0) is 25.1. The van der Waals surface area contributed by atoms with Gasteiger partial charge in [0.25, 0.3) is 10.0 Å². The van der Waals surface area contributed by atoms with E-state index in [4.69, 9.17) is 21.3 Å². The van der Waals surface area contributed by atoms with Gasteiger partial charge in [-0.1, -0.05) is 48.0 Å². The second-order valence-electron chi connectivity index (χ2n) is 8.84. The third kappa shape index (κ3) is 4.97. The molecule has 0 bridgehead atoms. The van der Waals surface area contributed by atoms with Gasteiger partial charge in [-0.05, 0) is 37.6 Å². The van der Waals surface area contributed by atoms with E-state index in [1.165, 1.54) is 3.97 Å². The maximum absolute atomic E-state index is 13.5. The van der Waals surface area contributed by atoms with E-state index in [0.717, 1.165) is 37.9 Å². The summed E-state index contributed by atoms with van der Waals surface area (Å²) >= 11 is 6.56. The normalized spacial score (nSPS) is 16.9. The van der Waals surface area contributed by atoms with Crippen LogP contribution < -0.4 is 5.32 Å². The van der Waals surface area contributed by atoms with Crippen LogP contribution in [-0.4, -0.2) is 66.7 Å². The number of rotatable bonds is 8. The number of ether oxygens (including phenoxy) is 1. The van der Waals surface area contributed by atoms with Crippen LogP contribution in [0, 0.1) is 0 Å². The Morgan fingerprint density at radius 2 is 1.92 bits per heavy atom. The minimum atomic E-state index is -3.81. The lowest BCUT2D eigenvalue weighted by atomic mass is 10.1. The Morgan fingerprint density at radius 1 is 1.14 bits per heavy atom. The lowest BCUT2D eigenvalue weighted by Gasteiger charge is -2.32. The van der Waals surface area contributed by atoms with Crippen molar-refractivity contribution >= 4 is 38.5 Å². The van der Waals surface area contributed by atoms with Crippen LogP contribution in [0.1, 0.15) is 12.8 Å². The van der Waals surface area contributed by atoms with E-state index in [1.54, 1.807) is 55.9 Å². The molecule has 0 radical (unpaired) electrons. The molecule has 10 heteroatoms. The average Bonchev–Trinajstić information content (AvgIpc) is 3.30. The smallest absolute Gasteiger partial charge is 0.268 e. The van der Waals surface area contributed by atoms with Crippen molar-refractivity contribution in [1.29, 1.82) is 0 Å². The van der Waals surface area contributed by atoms with Crippen LogP contribution in [0.5, 0.6) is 0 Å². The minimum Gasteiger partial charge on any atom is -0.383 e. The fourth-order valence-corrected chi connectivity index (χ4v) is 6.23. The first kappa shape index (κ1) is 24.7. The van der Waals surface area contributed by atoms with Crippen molar-refractivity contribution < 1.29 is 13.2 Å². The van der Waals surface area contributed by atoms with Crippen molar-refractivity contribution in [3.05, 3.63) is 72.0 Å². The van der Waals surface area contributed by atoms with Gasteiger partial charge in [-0.2, -0.15) is 0 Å². The lowest BCUT2D eigenvalue weighted by Crippen LogP contribution is -2.43. The van der Waals surface area contributed by atoms with E-state index in [1.807, 2.05) is 18.2 Å². The predicted octanol–water partition coefficient (Wildman–Crippen LogP) is 4.51. The Morgan fingerprint density at radius 3 is 2.72 bits per heavy atom. The van der Waals surface area contributed by atoms with Crippen LogP contribution in [0.3, 0.4) is 0 Å². The molecule has 3 heterocycles. The molecule has 1 saturated heterocycles. The van der Waals surface area contributed by atoms with Gasteiger partial charge < -0.3 is 10.1 Å². The number of methoxy groups -OCH3 is 1. The summed E-state index contributed by atoms with van der Waals surface area (Å²) in [5, 5.41) is 4.54. The number of anilines is 1. The van der Waals surface area contributed by atoms with Crippen LogP contribution in [0.15, 0.2) is 71.9 Å². The molecule has 1 atom stereocenters. The zero-order valence-electron chi connectivity index (χ0n) is 20.0. The second-order valence-corrected chi connectivity index (χ2v) is 11.1. The summed E-state index contributed by atoms with van der Waals surface area (Å²) in [6, 6.07) is 15.9. The molecule has 5 rings (SSSR count). The van der Waals surface area contributed by atoms with Gasteiger partial charge in [-0.3, -0.25) is 4.90 Å². The standard InChI is InChI=1S/C26H28ClN5O3S/c1-35-15-14-31-13-7-8-19(17-31)29-26-28-16-23(27)25(30-26)22-18-32(24-12-6-5-11-21(22)24)36(33,34)20-9-3-2-4-10-20/h2-6,9-12,16,18-19H,7-8,13-15,17H2,1H3,(H,28,29,30). The summed E-state index contributed by atoms with van der Waals surface area (Å²) in [5.41, 5.74) is 1.67. The van der Waals surface area contributed by atoms with Gasteiger partial charge in [0, 0.05) is 43.4 Å². The van der Waals surface area contributed by atoms with Gasteiger partial charge in [0.05, 0.1) is 33.9 Å². The van der Waals surface area contributed by atoms with Gasteiger partial charge in [0.2, 0.25) is 5.95 Å². The molecular formula is C26H28ClN5O3S. The number of aromatic nitrogens is 3. The minimum absolute atomic E-state index is 0.199. The van der Waals surface area contributed by atoms with Crippen LogP contribution >= 0.6 is 11.6 Å². The highest BCUT2D eigenvalue weighted by Crippen LogP contribution is 2.35. The number of likely N-dealkylation sites (tertiary alicyclic amines) is 1. The highest BCUT2D eigenvalue weighted by Gasteiger charge is 2.24. The van der Waals surface area contributed by atoms with Gasteiger partial charge in [-0.25, -0.2) is 22.4 Å². The Kier molecular flexibility index (Phi) is 7.25. The van der Waals surface area contributed by atoms with E-state index in [0.29, 0.717) is 34.4 Å². The van der Waals surface area contributed by atoms with Gasteiger partial charge >= 0.3 is 0 Å². The highest BCUT2D eigenvalue weighted by atomic mass is 35.5. The van der Waals surface area contributed by atoms with Gasteiger partial charge in [0.15, 0.2) is 0 Å². The van der Waals surface area contributed by atoms with Crippen LogP contribution in [0.2, 0.25) is 5.02 Å². The van der Waals surface area contributed by atoms with Crippen molar-refractivity contribution in [3.63, 3.8) is 0 Å². The first-order chi connectivity index (χ1) is 17.5. The van der Waals surface area contributed by atoms with Gasteiger partial charge in [-0.15, -0.1) is 0 Å². The summed E-state index contributed by atoms with van der Waals surface area (Å²) < 4.78 is 33.5. The summed E-state index contributed by atoms with van der Waals surface area (Å²) in [6.45, 7) is 3.50. The van der Waals surface area contributed by atoms with E-state index in [-0.39, 0.29) is 10.9 Å². The maximum Gasteiger partial charge on any atom is 0.268 e. The number of halogens is 1. The summed E-state index contributed by atoms with van der Waals surface area (Å²) in [6.07, 6.45) is 5.25. The molecular weight excluding hydrogens is 498 g/mol. The fourth-order valence-electron chi connectivity index (χ4n) is 4.65. The molecule has 36 heavy (non-hydrogen) atoms. The molecule has 1 aliphatic heterocycles. The van der Waals surface area contributed by atoms with Crippen molar-refractivity contribution in [2.24, 2.45) is 0 Å². The molecule has 0 spiro atoms. The molecule has 2 aromatic carbocycles. The molecule has 1 unspecified atom stereocenters. The first-order valence-corrected chi connectivity index (χ1v) is 13.7. The largest absolute Gasteiger partial charge is 0.383 e. The molecule has 2 aromatic heterocycles. The van der Waals surface area contributed by atoms with Crippen LogP contribution in [0.4, 0.5) is 5.95 Å². The molecule has 188 valence electrons. The number of para-hydroxylation sites is 1. The van der Waals surface area contributed by atoms with E-state index >= 15 is 0 Å². The molecule has 8 nitrogen and oxygen atoms in total. The lowest BCUT2D eigenvalue weighted by molar-refractivity contribution is 0.131. The summed E-state index contributed by atoms with van der Waals surface area (Å²) in [5.74, 6) is 0.468. The molecule has 0 saturated carbocycles. The highest BCUT2D eigenvalue weighted by molar-refractivity contribution is 7.90. The Bertz CT molecular complexity index is 1460. The SMILES string of the molecule is COCCN1CCCC(Nc2ncc(Cl)c(-c3cn(S(=O)(=O)c4ccccc4)c4ccccc34)n2)C1. The van der Waals surface area contributed by atoms with Crippen molar-refractivity contribution in [3.8, 4) is 11.3 Å². The van der Waals surface area contributed by atoms with Crippen molar-refractivity contribution in [2.45, 2.75) is 23.8 Å². The number of nitrogens with zero attached hydrogens (tertiary/aromatic N) is 4. The number of hydrogen-bond acceptors (Lipinski definition) is 7. The Hall–Kier alpha value is -2.98. The topological polar surface area (TPSA) is 89.4 Å². The summed E-state index contributed by atoms with van der Waals surface area (Å²) in [7, 11) is -2.10. The van der Waals surface area contributed by atoms with E-state index < -0.39 is 10.0 Å². The molecule has 1 fully saturated rings. The fraction of sp³-hybridized carbons (Fsp3) is 0.308. The number of nitrogens with one attached hydrogen (secondary N) is 1. The monoisotopic (exact) mass is 525 g/mol. The zero-order valence-corrected chi connectivity index (χ0v) is 21.5. The number of fused-ring (bicyclic) bond motifs is 1. The molecule has 0 aliphatic carbocycles. The predicted molar refractivity (Wildman–Crippen MR) is 142 cm³/mol. The second kappa shape index (κ2) is 10.6. The first-order valence-electron chi connectivity index (χ1n) is 11.9. The van der Waals surface area contributed by atoms with Gasteiger partial charge in [0.1, 0.15) is 0 Å². The maximum atomic E-state index is 13.5. The molecule has 4 aromatic rings. The molecule has 1 aliphatic rings. The number of hydrogen-bond donors (Lipinski definition) is 1. The molecule has 0 amide bonds. The van der Waals surface area contributed by atoms with Crippen LogP contribution in [0.25, 0.3) is 22.2 Å². The quantitative estimate of drug-likeness (QED) is 0.362. The summed E-state index contributed by atoms with van der Waals surface area (Å²) in [4.78, 5) is 11.7. The van der Waals surface area contributed by atoms with E-state index in [9.17, 15) is 8.42 Å². The van der Waals surface area contributed by atoms with E-state index in [2.05, 4.69) is 15.2 Å². The van der Waals surface area contributed by atoms with Crippen molar-refractivity contribution in [1.82, 2.24) is 18.8 Å². The Balaban J connectivity index is 1.50. The number of piperidine rings is 1. The van der Waals surface area contributed by atoms with Crippen molar-refractivity contribution in [2.75, 3.05) is 38.7 Å². The number of benzene rings is 2. The molecule has 1 N–H and O–H groups in total. The van der Waals surface area contributed by atoms with Crippen LogP contribution in [-0.2, 0) is 14.8 Å². The average molecular weight is 526 g/mol.